The molecule has 3 heteroatoms. The smallest absolute Gasteiger partial charge is 0.136 e. The third kappa shape index (κ3) is 3.58. The molecule has 88 valence electrons. The molecule has 0 saturated carbocycles. The van der Waals surface area contributed by atoms with Crippen molar-refractivity contribution in [1.29, 1.82) is 0 Å². The first kappa shape index (κ1) is 12.7. The fraction of sp³-hybridized carbons (Fsp3) is 0.917. The van der Waals surface area contributed by atoms with Crippen molar-refractivity contribution in [2.75, 3.05) is 19.6 Å². The molecule has 0 radical (unpaired) electrons. The predicted molar refractivity (Wildman–Crippen MR) is 60.9 cm³/mol. The van der Waals surface area contributed by atoms with E-state index in [1.165, 1.54) is 0 Å². The monoisotopic (exact) mass is 213 g/mol. The van der Waals surface area contributed by atoms with Crippen molar-refractivity contribution in [1.82, 2.24) is 4.90 Å². The number of carbonyl (C=O) groups is 1. The van der Waals surface area contributed by atoms with Crippen LogP contribution in [0.15, 0.2) is 0 Å². The van der Waals surface area contributed by atoms with E-state index in [-0.39, 0.29) is 23.4 Å². The molecular formula is C12H23NO2. The van der Waals surface area contributed by atoms with Gasteiger partial charge in [-0.25, -0.2) is 0 Å². The average molecular weight is 213 g/mol. The fourth-order valence-corrected chi connectivity index (χ4v) is 2.08. The highest BCUT2D eigenvalue weighted by molar-refractivity contribution is 5.81. The number of hydrogen-bond donors (Lipinski definition) is 0. The predicted octanol–water partition coefficient (Wildman–Crippen LogP) is 1.71. The van der Waals surface area contributed by atoms with Gasteiger partial charge in [0.2, 0.25) is 0 Å². The summed E-state index contributed by atoms with van der Waals surface area (Å²) in [6.07, 6.45) is 0.549. The van der Waals surface area contributed by atoms with Gasteiger partial charge in [-0.1, -0.05) is 13.8 Å². The Labute approximate surface area is 92.8 Å². The Morgan fingerprint density at radius 3 is 2.20 bits per heavy atom. The molecule has 1 aliphatic heterocycles. The van der Waals surface area contributed by atoms with Gasteiger partial charge >= 0.3 is 0 Å². The molecule has 0 N–H and O–H groups in total. The zero-order valence-corrected chi connectivity index (χ0v) is 10.5. The van der Waals surface area contributed by atoms with E-state index in [0.717, 1.165) is 19.6 Å². The molecule has 1 fully saturated rings. The maximum Gasteiger partial charge on any atom is 0.136 e. The average Bonchev–Trinajstić information content (AvgIpc) is 1.99. The number of nitrogens with zero attached hydrogens (tertiary/aromatic N) is 1. The molecule has 1 saturated heterocycles. The summed E-state index contributed by atoms with van der Waals surface area (Å²) in [5.41, 5.74) is -0.239. The van der Waals surface area contributed by atoms with Crippen molar-refractivity contribution in [3.63, 3.8) is 0 Å². The van der Waals surface area contributed by atoms with Gasteiger partial charge in [0.25, 0.3) is 0 Å². The van der Waals surface area contributed by atoms with Crippen LogP contribution in [-0.2, 0) is 9.53 Å². The second-order valence-corrected chi connectivity index (χ2v) is 5.39. The van der Waals surface area contributed by atoms with Crippen molar-refractivity contribution in [2.24, 2.45) is 5.41 Å². The molecule has 0 aromatic carbocycles. The number of carbonyl (C=O) groups excluding carboxylic acids is 1. The number of ether oxygens (including phenoxy) is 1. The Morgan fingerprint density at radius 2 is 1.80 bits per heavy atom. The molecule has 2 atom stereocenters. The van der Waals surface area contributed by atoms with Crippen LogP contribution in [0.1, 0.15) is 34.6 Å². The lowest BCUT2D eigenvalue weighted by Gasteiger charge is -2.38. The van der Waals surface area contributed by atoms with Gasteiger partial charge in [0.15, 0.2) is 0 Å². The first-order valence-corrected chi connectivity index (χ1v) is 5.70. The zero-order valence-electron chi connectivity index (χ0n) is 10.5. The maximum absolute atomic E-state index is 11.4. The van der Waals surface area contributed by atoms with Crippen molar-refractivity contribution in [3.05, 3.63) is 0 Å². The van der Waals surface area contributed by atoms with E-state index in [9.17, 15) is 4.79 Å². The van der Waals surface area contributed by atoms with Gasteiger partial charge in [0, 0.05) is 25.0 Å². The lowest BCUT2D eigenvalue weighted by molar-refractivity contribution is -0.128. The number of morpholine rings is 1. The lowest BCUT2D eigenvalue weighted by Crippen LogP contribution is -2.49. The van der Waals surface area contributed by atoms with Crippen LogP contribution in [0, 0.1) is 5.41 Å². The SMILES string of the molecule is CC(=O)C(C)(C)CN1CC(C)OC(C)C1. The van der Waals surface area contributed by atoms with Crippen molar-refractivity contribution in [2.45, 2.75) is 46.8 Å². The molecule has 0 aliphatic carbocycles. The van der Waals surface area contributed by atoms with Crippen LogP contribution < -0.4 is 0 Å². The zero-order chi connectivity index (χ0) is 11.6. The van der Waals surface area contributed by atoms with Crippen LogP contribution in [0.25, 0.3) is 0 Å². The molecule has 0 bridgehead atoms. The molecular weight excluding hydrogens is 190 g/mol. The molecule has 0 spiro atoms. The minimum absolute atomic E-state index is 0.239. The molecule has 0 aromatic rings. The van der Waals surface area contributed by atoms with Gasteiger partial charge in [0.1, 0.15) is 5.78 Å². The third-order valence-corrected chi connectivity index (χ3v) is 3.07. The Balaban J connectivity index is 2.54. The molecule has 1 aliphatic rings. The van der Waals surface area contributed by atoms with Gasteiger partial charge < -0.3 is 4.74 Å². The van der Waals surface area contributed by atoms with Crippen LogP contribution in [0.5, 0.6) is 0 Å². The lowest BCUT2D eigenvalue weighted by atomic mass is 9.88. The number of Topliss-reactive ketones (excluding diaryl/α,β-unsaturated/α-hetero) is 1. The Hall–Kier alpha value is -0.410. The highest BCUT2D eigenvalue weighted by Gasteiger charge is 2.30. The van der Waals surface area contributed by atoms with Gasteiger partial charge in [-0.3, -0.25) is 9.69 Å². The van der Waals surface area contributed by atoms with E-state index in [0.29, 0.717) is 0 Å². The number of rotatable bonds is 3. The molecule has 3 nitrogen and oxygen atoms in total. The van der Waals surface area contributed by atoms with Crippen molar-refractivity contribution >= 4 is 5.78 Å². The van der Waals surface area contributed by atoms with E-state index < -0.39 is 0 Å². The first-order chi connectivity index (χ1) is 6.81. The highest BCUT2D eigenvalue weighted by atomic mass is 16.5. The van der Waals surface area contributed by atoms with Crippen molar-refractivity contribution in [3.8, 4) is 0 Å². The second kappa shape index (κ2) is 4.62. The van der Waals surface area contributed by atoms with E-state index in [1.807, 2.05) is 13.8 Å². The molecule has 0 amide bonds. The van der Waals surface area contributed by atoms with Gasteiger partial charge in [-0.05, 0) is 20.8 Å². The molecule has 15 heavy (non-hydrogen) atoms. The summed E-state index contributed by atoms with van der Waals surface area (Å²) < 4.78 is 5.66. The van der Waals surface area contributed by atoms with Crippen LogP contribution in [0.2, 0.25) is 0 Å². The van der Waals surface area contributed by atoms with Crippen LogP contribution in [0.4, 0.5) is 0 Å². The fourth-order valence-electron chi connectivity index (χ4n) is 2.08. The Morgan fingerprint density at radius 1 is 1.33 bits per heavy atom. The normalized spacial score (nSPS) is 29.1. The van der Waals surface area contributed by atoms with Gasteiger partial charge in [-0.15, -0.1) is 0 Å². The summed E-state index contributed by atoms with van der Waals surface area (Å²) in [6, 6.07) is 0. The van der Waals surface area contributed by atoms with Gasteiger partial charge in [-0.2, -0.15) is 0 Å². The summed E-state index contributed by atoms with van der Waals surface area (Å²) in [7, 11) is 0. The molecule has 1 rings (SSSR count). The molecule has 0 aromatic heterocycles. The molecule has 1 heterocycles. The minimum atomic E-state index is -0.239. The summed E-state index contributed by atoms with van der Waals surface area (Å²) in [6.45, 7) is 12.6. The van der Waals surface area contributed by atoms with Crippen LogP contribution in [0.3, 0.4) is 0 Å². The largest absolute Gasteiger partial charge is 0.373 e. The van der Waals surface area contributed by atoms with E-state index >= 15 is 0 Å². The molecule has 2 unspecified atom stereocenters. The summed E-state index contributed by atoms with van der Waals surface area (Å²) >= 11 is 0. The second-order valence-electron chi connectivity index (χ2n) is 5.39. The number of hydrogen-bond acceptors (Lipinski definition) is 3. The highest BCUT2D eigenvalue weighted by Crippen LogP contribution is 2.21. The maximum atomic E-state index is 11.4. The summed E-state index contributed by atoms with van der Waals surface area (Å²) in [5, 5.41) is 0. The van der Waals surface area contributed by atoms with E-state index in [1.54, 1.807) is 6.92 Å². The van der Waals surface area contributed by atoms with Crippen LogP contribution >= 0.6 is 0 Å². The van der Waals surface area contributed by atoms with E-state index in [2.05, 4.69) is 18.7 Å². The minimum Gasteiger partial charge on any atom is -0.373 e. The topological polar surface area (TPSA) is 29.5 Å². The first-order valence-electron chi connectivity index (χ1n) is 5.70. The summed E-state index contributed by atoms with van der Waals surface area (Å²) in [5.74, 6) is 0.259. The Bertz CT molecular complexity index is 228. The van der Waals surface area contributed by atoms with Crippen molar-refractivity contribution < 1.29 is 9.53 Å². The van der Waals surface area contributed by atoms with Crippen LogP contribution in [-0.4, -0.2) is 42.5 Å². The Kier molecular flexibility index (Phi) is 3.90. The van der Waals surface area contributed by atoms with Gasteiger partial charge in [0.05, 0.1) is 12.2 Å². The summed E-state index contributed by atoms with van der Waals surface area (Å²) in [4.78, 5) is 13.8. The standard InChI is InChI=1S/C12H23NO2/c1-9-6-13(7-10(2)15-9)8-12(4,5)11(3)14/h9-10H,6-8H2,1-5H3. The van der Waals surface area contributed by atoms with E-state index in [4.69, 9.17) is 4.74 Å². The quantitative estimate of drug-likeness (QED) is 0.715. The third-order valence-electron chi connectivity index (χ3n) is 3.07. The number of ketones is 1.